The van der Waals surface area contributed by atoms with E-state index in [1.807, 2.05) is 27.3 Å². The number of amides is 3. The summed E-state index contributed by atoms with van der Waals surface area (Å²) < 4.78 is 0. The molecule has 3 rings (SSSR count). The van der Waals surface area contributed by atoms with Crippen LogP contribution in [0.2, 0.25) is 0 Å². The van der Waals surface area contributed by atoms with Crippen LogP contribution in [0.25, 0.3) is 0 Å². The maximum atomic E-state index is 13.3. The number of nitrogens with zero attached hydrogens (tertiary/aromatic N) is 2. The Morgan fingerprint density at radius 1 is 1.17 bits per heavy atom. The highest BCUT2D eigenvalue weighted by Gasteiger charge is 2.37. The normalized spacial score (nSPS) is 25.0. The summed E-state index contributed by atoms with van der Waals surface area (Å²) in [4.78, 5) is 42.9. The van der Waals surface area contributed by atoms with Gasteiger partial charge in [-0.3, -0.25) is 14.4 Å². The highest BCUT2D eigenvalue weighted by Crippen LogP contribution is 2.27. The molecule has 2 saturated heterocycles. The summed E-state index contributed by atoms with van der Waals surface area (Å²) in [5.74, 6) is -0.0950. The van der Waals surface area contributed by atoms with Crippen molar-refractivity contribution in [2.24, 2.45) is 11.8 Å². The van der Waals surface area contributed by atoms with E-state index in [0.717, 1.165) is 43.4 Å². The van der Waals surface area contributed by atoms with E-state index in [4.69, 9.17) is 0 Å². The molecule has 6 nitrogen and oxygen atoms in total. The zero-order chi connectivity index (χ0) is 20.8. The number of hydrogen-bond donors (Lipinski definition) is 1. The van der Waals surface area contributed by atoms with Crippen molar-refractivity contribution < 1.29 is 14.4 Å². The number of piperidine rings is 2. The fourth-order valence-corrected chi connectivity index (χ4v) is 5.01. The minimum Gasteiger partial charge on any atom is -0.356 e. The average molecular weight is 420 g/mol. The Balaban J connectivity index is 1.60. The second-order valence-corrected chi connectivity index (χ2v) is 9.27. The lowest BCUT2D eigenvalue weighted by Crippen LogP contribution is -2.53. The third-order valence-electron chi connectivity index (χ3n) is 6.16. The van der Waals surface area contributed by atoms with Crippen LogP contribution < -0.4 is 5.32 Å². The minimum absolute atomic E-state index is 0.0253. The first kappa shape index (κ1) is 21.8. The summed E-state index contributed by atoms with van der Waals surface area (Å²) >= 11 is 1.44. The van der Waals surface area contributed by atoms with Gasteiger partial charge in [0.1, 0.15) is 0 Å². The van der Waals surface area contributed by atoms with E-state index in [0.29, 0.717) is 26.2 Å². The highest BCUT2D eigenvalue weighted by atomic mass is 32.1. The van der Waals surface area contributed by atoms with Crippen LogP contribution in [0.1, 0.15) is 62.0 Å². The van der Waals surface area contributed by atoms with Crippen LogP contribution in [0.15, 0.2) is 17.5 Å². The zero-order valence-corrected chi connectivity index (χ0v) is 18.4. The molecule has 0 saturated carbocycles. The Hall–Kier alpha value is -1.89. The first-order valence-electron chi connectivity index (χ1n) is 10.9. The molecule has 0 radical (unpaired) electrons. The molecule has 160 valence electrons. The Labute approximate surface area is 177 Å². The number of likely N-dealkylation sites (tertiary alicyclic amines) is 2. The van der Waals surface area contributed by atoms with Crippen LogP contribution >= 0.6 is 11.3 Å². The molecular formula is C22H33N3O3S. The number of carbonyl (C=O) groups is 3. The van der Waals surface area contributed by atoms with Gasteiger partial charge in [0, 0.05) is 32.2 Å². The lowest BCUT2D eigenvalue weighted by molar-refractivity contribution is -0.143. The zero-order valence-electron chi connectivity index (χ0n) is 17.6. The molecule has 3 heterocycles. The summed E-state index contributed by atoms with van der Waals surface area (Å²) in [5.41, 5.74) is 0. The smallest absolute Gasteiger partial charge is 0.263 e. The van der Waals surface area contributed by atoms with Gasteiger partial charge in [-0.15, -0.1) is 11.3 Å². The van der Waals surface area contributed by atoms with Gasteiger partial charge in [0.25, 0.3) is 5.91 Å². The van der Waals surface area contributed by atoms with Gasteiger partial charge >= 0.3 is 0 Å². The number of hydrogen-bond acceptors (Lipinski definition) is 4. The summed E-state index contributed by atoms with van der Waals surface area (Å²) in [6, 6.07) is 3.86. The molecule has 0 bridgehead atoms. The van der Waals surface area contributed by atoms with E-state index in [9.17, 15) is 14.4 Å². The number of thiophene rings is 1. The Morgan fingerprint density at radius 3 is 2.72 bits per heavy atom. The van der Waals surface area contributed by atoms with Gasteiger partial charge in [0.2, 0.25) is 11.8 Å². The van der Waals surface area contributed by atoms with Gasteiger partial charge in [-0.1, -0.05) is 19.4 Å². The fourth-order valence-electron chi connectivity index (χ4n) is 4.31. The van der Waals surface area contributed by atoms with E-state index in [1.165, 1.54) is 11.3 Å². The largest absolute Gasteiger partial charge is 0.356 e. The SMILES string of the molecule is CCCCNC(=O)C1CCC(C)N(C(=O)C2CCCN(C(=O)c3cccs3)C2)C1. The predicted molar refractivity (Wildman–Crippen MR) is 115 cm³/mol. The van der Waals surface area contributed by atoms with Crippen molar-refractivity contribution in [3.8, 4) is 0 Å². The van der Waals surface area contributed by atoms with Crippen molar-refractivity contribution in [1.82, 2.24) is 15.1 Å². The van der Waals surface area contributed by atoms with Crippen molar-refractivity contribution >= 4 is 29.1 Å². The van der Waals surface area contributed by atoms with Crippen LogP contribution in [0, 0.1) is 11.8 Å². The molecule has 2 aliphatic rings. The number of rotatable bonds is 6. The molecule has 0 spiro atoms. The average Bonchev–Trinajstić information content (AvgIpc) is 3.28. The van der Waals surface area contributed by atoms with Gasteiger partial charge in [0.05, 0.1) is 16.7 Å². The van der Waals surface area contributed by atoms with E-state index < -0.39 is 0 Å². The lowest BCUT2D eigenvalue weighted by atomic mass is 9.89. The first-order valence-corrected chi connectivity index (χ1v) is 11.8. The standard InChI is InChI=1S/C22H33N3O3S/c1-3-4-11-23-20(26)17-10-9-16(2)25(15-17)21(27)18-7-5-12-24(14-18)22(28)19-8-6-13-29-19/h6,8,13,16-18H,3-5,7,9-12,14-15H2,1-2H3,(H,23,26). The van der Waals surface area contributed by atoms with Crippen LogP contribution in [0.3, 0.4) is 0 Å². The number of carbonyl (C=O) groups excluding carboxylic acids is 3. The topological polar surface area (TPSA) is 69.7 Å². The molecule has 3 amide bonds. The summed E-state index contributed by atoms with van der Waals surface area (Å²) in [5, 5.41) is 4.92. The molecule has 29 heavy (non-hydrogen) atoms. The summed E-state index contributed by atoms with van der Waals surface area (Å²) in [6.45, 7) is 6.56. The van der Waals surface area contributed by atoms with Gasteiger partial charge in [-0.2, -0.15) is 0 Å². The van der Waals surface area contributed by atoms with Crippen LogP contribution in [0.4, 0.5) is 0 Å². The van der Waals surface area contributed by atoms with Crippen molar-refractivity contribution in [3.63, 3.8) is 0 Å². The first-order chi connectivity index (χ1) is 14.0. The lowest BCUT2D eigenvalue weighted by Gasteiger charge is -2.41. The van der Waals surface area contributed by atoms with Crippen molar-refractivity contribution in [2.45, 2.75) is 58.4 Å². The van der Waals surface area contributed by atoms with Crippen molar-refractivity contribution in [3.05, 3.63) is 22.4 Å². The molecule has 1 N–H and O–H groups in total. The van der Waals surface area contributed by atoms with Crippen LogP contribution in [-0.2, 0) is 9.59 Å². The molecule has 1 aromatic rings. The summed E-state index contributed by atoms with van der Waals surface area (Å²) in [6.07, 6.45) is 5.36. The maximum Gasteiger partial charge on any atom is 0.263 e. The Kier molecular flexibility index (Phi) is 7.70. The molecule has 7 heteroatoms. The minimum atomic E-state index is -0.169. The predicted octanol–water partition coefficient (Wildman–Crippen LogP) is 3.14. The second kappa shape index (κ2) is 10.2. The third-order valence-corrected chi connectivity index (χ3v) is 7.01. The van der Waals surface area contributed by atoms with Gasteiger partial charge < -0.3 is 15.1 Å². The fraction of sp³-hybridized carbons (Fsp3) is 0.682. The monoisotopic (exact) mass is 419 g/mol. The van der Waals surface area contributed by atoms with Crippen molar-refractivity contribution in [1.29, 1.82) is 0 Å². The molecule has 0 aliphatic carbocycles. The molecule has 3 unspecified atom stereocenters. The van der Waals surface area contributed by atoms with Crippen LogP contribution in [0.5, 0.6) is 0 Å². The Bertz CT molecular complexity index is 706. The molecular weight excluding hydrogens is 386 g/mol. The molecule has 3 atom stereocenters. The number of unbranched alkanes of at least 4 members (excludes halogenated alkanes) is 1. The van der Waals surface area contributed by atoms with Gasteiger partial charge in [-0.05, 0) is 50.5 Å². The Morgan fingerprint density at radius 2 is 2.00 bits per heavy atom. The van der Waals surface area contributed by atoms with E-state index in [1.54, 1.807) is 0 Å². The molecule has 1 aromatic heterocycles. The highest BCUT2D eigenvalue weighted by molar-refractivity contribution is 7.12. The van der Waals surface area contributed by atoms with E-state index >= 15 is 0 Å². The maximum absolute atomic E-state index is 13.3. The molecule has 2 aliphatic heterocycles. The molecule has 0 aromatic carbocycles. The summed E-state index contributed by atoms with van der Waals surface area (Å²) in [7, 11) is 0. The van der Waals surface area contributed by atoms with Gasteiger partial charge in [-0.25, -0.2) is 0 Å². The van der Waals surface area contributed by atoms with E-state index in [2.05, 4.69) is 19.2 Å². The van der Waals surface area contributed by atoms with Crippen LogP contribution in [-0.4, -0.2) is 59.7 Å². The quantitative estimate of drug-likeness (QED) is 0.720. The number of nitrogens with one attached hydrogen (secondary N) is 1. The third kappa shape index (κ3) is 5.38. The molecule has 2 fully saturated rings. The second-order valence-electron chi connectivity index (χ2n) is 8.33. The van der Waals surface area contributed by atoms with Crippen molar-refractivity contribution in [2.75, 3.05) is 26.2 Å². The van der Waals surface area contributed by atoms with Gasteiger partial charge in [0.15, 0.2) is 0 Å². The van der Waals surface area contributed by atoms with E-state index in [-0.39, 0.29) is 35.6 Å².